The molecule has 1 aromatic rings. The van der Waals surface area contributed by atoms with Gasteiger partial charge in [-0.25, -0.2) is 0 Å². The Morgan fingerprint density at radius 3 is 2.24 bits per heavy atom. The molecule has 1 nitrogen and oxygen atoms in total. The number of terminal acetylenes is 1. The maximum absolute atomic E-state index is 12.8. The third kappa shape index (κ3) is 2.10. The summed E-state index contributed by atoms with van der Waals surface area (Å²) in [5.74, 6) is 2.79. The Bertz CT molecular complexity index is 435. The highest BCUT2D eigenvalue weighted by Gasteiger charge is 2.64. The van der Waals surface area contributed by atoms with Gasteiger partial charge in [0.2, 0.25) is 0 Å². The Labute approximate surface area is 97.6 Å². The molecule has 4 heteroatoms. The van der Waals surface area contributed by atoms with Gasteiger partial charge in [0.1, 0.15) is 12.4 Å². The maximum Gasteiger partial charge on any atom is 0.398 e. The van der Waals surface area contributed by atoms with Crippen LogP contribution in [0.1, 0.15) is 18.4 Å². The van der Waals surface area contributed by atoms with Crippen LogP contribution in [0.2, 0.25) is 0 Å². The Balaban J connectivity index is 2.17. The second kappa shape index (κ2) is 3.99. The molecule has 1 aromatic carbocycles. The predicted molar refractivity (Wildman–Crippen MR) is 57.7 cm³/mol. The van der Waals surface area contributed by atoms with E-state index in [0.29, 0.717) is 11.3 Å². The molecule has 1 saturated carbocycles. The van der Waals surface area contributed by atoms with Crippen LogP contribution in [-0.4, -0.2) is 12.8 Å². The molecule has 0 aliphatic heterocycles. The summed E-state index contributed by atoms with van der Waals surface area (Å²) < 4.78 is 43.6. The van der Waals surface area contributed by atoms with Crippen LogP contribution in [0.3, 0.4) is 0 Å². The van der Waals surface area contributed by atoms with Crippen molar-refractivity contribution in [2.24, 2.45) is 0 Å². The van der Waals surface area contributed by atoms with Gasteiger partial charge in [-0.2, -0.15) is 13.2 Å². The number of alkyl halides is 3. The summed E-state index contributed by atoms with van der Waals surface area (Å²) in [6.07, 6.45) is 1.18. The molecule has 17 heavy (non-hydrogen) atoms. The molecule has 0 spiro atoms. The minimum Gasteiger partial charge on any atom is -0.481 e. The molecule has 0 atom stereocenters. The summed E-state index contributed by atoms with van der Waals surface area (Å²) >= 11 is 0. The van der Waals surface area contributed by atoms with Crippen LogP contribution in [0.4, 0.5) is 13.2 Å². The van der Waals surface area contributed by atoms with Crippen LogP contribution in [0.15, 0.2) is 24.3 Å². The van der Waals surface area contributed by atoms with E-state index >= 15 is 0 Å². The van der Waals surface area contributed by atoms with Gasteiger partial charge in [0.05, 0.1) is 5.41 Å². The highest BCUT2D eigenvalue weighted by Crippen LogP contribution is 2.58. The molecule has 0 saturated heterocycles. The largest absolute Gasteiger partial charge is 0.481 e. The van der Waals surface area contributed by atoms with E-state index in [-0.39, 0.29) is 19.4 Å². The van der Waals surface area contributed by atoms with Gasteiger partial charge < -0.3 is 4.74 Å². The summed E-state index contributed by atoms with van der Waals surface area (Å²) in [4.78, 5) is 0. The SMILES string of the molecule is C#CCOc1ccc(C2(C(F)(F)F)CC2)cc1. The first-order valence-electron chi connectivity index (χ1n) is 5.23. The lowest BCUT2D eigenvalue weighted by Crippen LogP contribution is -2.28. The predicted octanol–water partition coefficient (Wildman–Crippen LogP) is 3.29. The first-order valence-corrected chi connectivity index (χ1v) is 5.23. The van der Waals surface area contributed by atoms with E-state index in [4.69, 9.17) is 11.2 Å². The first-order chi connectivity index (χ1) is 7.99. The van der Waals surface area contributed by atoms with Crippen molar-refractivity contribution in [3.63, 3.8) is 0 Å². The van der Waals surface area contributed by atoms with Gasteiger partial charge in [-0.1, -0.05) is 18.1 Å². The van der Waals surface area contributed by atoms with E-state index in [0.717, 1.165) is 0 Å². The van der Waals surface area contributed by atoms with Crippen LogP contribution >= 0.6 is 0 Å². The van der Waals surface area contributed by atoms with Crippen LogP contribution < -0.4 is 4.74 Å². The van der Waals surface area contributed by atoms with Crippen molar-refractivity contribution in [1.82, 2.24) is 0 Å². The van der Waals surface area contributed by atoms with E-state index in [1.165, 1.54) is 24.3 Å². The summed E-state index contributed by atoms with van der Waals surface area (Å²) in [5.41, 5.74) is -1.32. The minimum absolute atomic E-state index is 0.115. The van der Waals surface area contributed by atoms with Crippen LogP contribution in [-0.2, 0) is 5.41 Å². The highest BCUT2D eigenvalue weighted by molar-refractivity contribution is 5.37. The molecular weight excluding hydrogens is 229 g/mol. The number of rotatable bonds is 3. The van der Waals surface area contributed by atoms with Gasteiger partial charge in [-0.3, -0.25) is 0 Å². The minimum atomic E-state index is -4.17. The lowest BCUT2D eigenvalue weighted by molar-refractivity contribution is -0.160. The number of halogens is 3. The van der Waals surface area contributed by atoms with Crippen molar-refractivity contribution in [1.29, 1.82) is 0 Å². The van der Waals surface area contributed by atoms with Gasteiger partial charge in [-0.15, -0.1) is 6.42 Å². The fourth-order valence-corrected chi connectivity index (χ4v) is 1.86. The highest BCUT2D eigenvalue weighted by atomic mass is 19.4. The molecule has 0 amide bonds. The molecule has 2 rings (SSSR count). The van der Waals surface area contributed by atoms with Gasteiger partial charge in [-0.05, 0) is 30.5 Å². The fourth-order valence-electron chi connectivity index (χ4n) is 1.86. The van der Waals surface area contributed by atoms with Gasteiger partial charge >= 0.3 is 6.18 Å². The molecular formula is C13H11F3O. The van der Waals surface area contributed by atoms with E-state index in [2.05, 4.69) is 5.92 Å². The van der Waals surface area contributed by atoms with Crippen molar-refractivity contribution < 1.29 is 17.9 Å². The molecule has 0 aromatic heterocycles. The Hall–Kier alpha value is -1.63. The molecule has 0 unspecified atom stereocenters. The summed E-state index contributed by atoms with van der Waals surface area (Å²) in [5, 5.41) is 0. The lowest BCUT2D eigenvalue weighted by Gasteiger charge is -2.19. The summed E-state index contributed by atoms with van der Waals surface area (Å²) in [7, 11) is 0. The van der Waals surface area contributed by atoms with E-state index in [1.54, 1.807) is 0 Å². The van der Waals surface area contributed by atoms with Crippen molar-refractivity contribution >= 4 is 0 Å². The topological polar surface area (TPSA) is 9.23 Å². The lowest BCUT2D eigenvalue weighted by atomic mass is 9.95. The van der Waals surface area contributed by atoms with E-state index < -0.39 is 11.6 Å². The number of hydrogen-bond donors (Lipinski definition) is 0. The van der Waals surface area contributed by atoms with E-state index in [9.17, 15) is 13.2 Å². The number of ether oxygens (including phenoxy) is 1. The second-order valence-electron chi connectivity index (χ2n) is 4.10. The summed E-state index contributed by atoms with van der Waals surface area (Å²) in [6.45, 7) is 0.115. The molecule has 1 fully saturated rings. The zero-order chi connectivity index (χ0) is 12.5. The van der Waals surface area contributed by atoms with Crippen molar-refractivity contribution in [2.45, 2.75) is 24.4 Å². The number of hydrogen-bond acceptors (Lipinski definition) is 1. The Kier molecular flexibility index (Phi) is 2.78. The maximum atomic E-state index is 12.8. The zero-order valence-electron chi connectivity index (χ0n) is 9.05. The standard InChI is InChI=1S/C13H11F3O/c1-2-9-17-11-5-3-10(4-6-11)12(7-8-12)13(14,15)16/h1,3-6H,7-9H2. The Morgan fingerprint density at radius 1 is 1.24 bits per heavy atom. The molecule has 0 heterocycles. The molecule has 0 N–H and O–H groups in total. The van der Waals surface area contributed by atoms with E-state index in [1.807, 2.05) is 0 Å². The quantitative estimate of drug-likeness (QED) is 0.736. The smallest absolute Gasteiger partial charge is 0.398 e. The third-order valence-corrected chi connectivity index (χ3v) is 3.02. The van der Waals surface area contributed by atoms with Gasteiger partial charge in [0.15, 0.2) is 0 Å². The van der Waals surface area contributed by atoms with Crippen LogP contribution in [0, 0.1) is 12.3 Å². The van der Waals surface area contributed by atoms with Crippen molar-refractivity contribution in [3.05, 3.63) is 29.8 Å². The van der Waals surface area contributed by atoms with Crippen LogP contribution in [0.25, 0.3) is 0 Å². The fraction of sp³-hybridized carbons (Fsp3) is 0.385. The van der Waals surface area contributed by atoms with Crippen molar-refractivity contribution in [3.8, 4) is 18.1 Å². The number of benzene rings is 1. The monoisotopic (exact) mass is 240 g/mol. The Morgan fingerprint density at radius 2 is 1.82 bits per heavy atom. The summed E-state index contributed by atoms with van der Waals surface area (Å²) in [6, 6.07) is 5.98. The molecule has 1 aliphatic carbocycles. The zero-order valence-corrected chi connectivity index (χ0v) is 9.05. The molecule has 1 aliphatic rings. The average Bonchev–Trinajstić information content (AvgIpc) is 3.07. The first kappa shape index (κ1) is 11.8. The average molecular weight is 240 g/mol. The van der Waals surface area contributed by atoms with Crippen LogP contribution in [0.5, 0.6) is 5.75 Å². The second-order valence-corrected chi connectivity index (χ2v) is 4.10. The van der Waals surface area contributed by atoms with Crippen molar-refractivity contribution in [2.75, 3.05) is 6.61 Å². The third-order valence-electron chi connectivity index (χ3n) is 3.02. The molecule has 0 bridgehead atoms. The normalized spacial score (nSPS) is 17.3. The van der Waals surface area contributed by atoms with Gasteiger partial charge in [0, 0.05) is 0 Å². The molecule has 90 valence electrons. The molecule has 0 radical (unpaired) electrons. The van der Waals surface area contributed by atoms with Gasteiger partial charge in [0.25, 0.3) is 0 Å².